The standard InChI is InChI=1S/C16H13F3N2O/c1-22-14-6-7-21-13(9-14)10-20-15(21)8-11-2-4-12(5-3-11)16(17,18)19/h2-7,9-10H,8H2,1H3. The molecule has 0 aliphatic rings. The minimum absolute atomic E-state index is 0.457. The molecule has 6 heteroatoms. The third-order valence-corrected chi connectivity index (χ3v) is 3.46. The Hall–Kier alpha value is -2.50. The van der Waals surface area contributed by atoms with Crippen molar-refractivity contribution in [2.24, 2.45) is 0 Å². The first-order valence-corrected chi connectivity index (χ1v) is 6.63. The Balaban J connectivity index is 1.87. The van der Waals surface area contributed by atoms with Crippen molar-refractivity contribution in [1.82, 2.24) is 9.38 Å². The summed E-state index contributed by atoms with van der Waals surface area (Å²) in [6, 6.07) is 8.80. The van der Waals surface area contributed by atoms with E-state index in [0.29, 0.717) is 6.42 Å². The van der Waals surface area contributed by atoms with Crippen LogP contribution in [-0.2, 0) is 12.6 Å². The molecule has 0 N–H and O–H groups in total. The van der Waals surface area contributed by atoms with Crippen LogP contribution in [0.15, 0.2) is 48.8 Å². The largest absolute Gasteiger partial charge is 0.497 e. The second-order valence-corrected chi connectivity index (χ2v) is 4.91. The van der Waals surface area contributed by atoms with E-state index in [4.69, 9.17) is 4.74 Å². The molecular formula is C16H13F3N2O. The van der Waals surface area contributed by atoms with E-state index >= 15 is 0 Å². The molecule has 3 nitrogen and oxygen atoms in total. The number of alkyl halides is 3. The molecule has 0 spiro atoms. The number of fused-ring (bicyclic) bond motifs is 1. The number of hydrogen-bond donors (Lipinski definition) is 0. The van der Waals surface area contributed by atoms with E-state index in [1.54, 1.807) is 13.3 Å². The summed E-state index contributed by atoms with van der Waals surface area (Å²) in [7, 11) is 1.59. The van der Waals surface area contributed by atoms with Crippen LogP contribution in [0.5, 0.6) is 5.75 Å². The summed E-state index contributed by atoms with van der Waals surface area (Å²) in [6.07, 6.45) is -0.309. The van der Waals surface area contributed by atoms with Crippen LogP contribution in [0.1, 0.15) is 17.0 Å². The van der Waals surface area contributed by atoms with Gasteiger partial charge in [-0.1, -0.05) is 12.1 Å². The molecule has 0 bridgehead atoms. The Bertz CT molecular complexity index is 791. The maximum atomic E-state index is 12.5. The van der Waals surface area contributed by atoms with Gasteiger partial charge in [0.25, 0.3) is 0 Å². The number of pyridine rings is 1. The maximum absolute atomic E-state index is 12.5. The molecule has 3 rings (SSSR count). The zero-order chi connectivity index (χ0) is 15.7. The fourth-order valence-corrected chi connectivity index (χ4v) is 2.29. The van der Waals surface area contributed by atoms with Crippen molar-refractivity contribution >= 4 is 5.52 Å². The lowest BCUT2D eigenvalue weighted by molar-refractivity contribution is -0.137. The maximum Gasteiger partial charge on any atom is 0.416 e. The van der Waals surface area contributed by atoms with Crippen LogP contribution < -0.4 is 4.74 Å². The lowest BCUT2D eigenvalue weighted by atomic mass is 10.1. The molecule has 3 aromatic rings. The monoisotopic (exact) mass is 306 g/mol. The van der Waals surface area contributed by atoms with Gasteiger partial charge in [0, 0.05) is 18.7 Å². The van der Waals surface area contributed by atoms with Crippen LogP contribution in [-0.4, -0.2) is 16.5 Å². The molecule has 0 fully saturated rings. The van der Waals surface area contributed by atoms with Crippen molar-refractivity contribution in [2.75, 3.05) is 7.11 Å². The van der Waals surface area contributed by atoms with E-state index in [2.05, 4.69) is 4.98 Å². The molecular weight excluding hydrogens is 293 g/mol. The van der Waals surface area contributed by atoms with Crippen molar-refractivity contribution in [3.8, 4) is 5.75 Å². The lowest BCUT2D eigenvalue weighted by Crippen LogP contribution is -2.05. The second kappa shape index (κ2) is 5.36. The average Bonchev–Trinajstić information content (AvgIpc) is 2.89. The smallest absolute Gasteiger partial charge is 0.416 e. The fourth-order valence-electron chi connectivity index (χ4n) is 2.29. The highest BCUT2D eigenvalue weighted by molar-refractivity contribution is 5.51. The first kappa shape index (κ1) is 14.4. The number of imidazole rings is 1. The van der Waals surface area contributed by atoms with Gasteiger partial charge in [-0.05, 0) is 23.8 Å². The average molecular weight is 306 g/mol. The normalized spacial score (nSPS) is 11.8. The predicted molar refractivity (Wildman–Crippen MR) is 76.0 cm³/mol. The molecule has 22 heavy (non-hydrogen) atoms. The number of methoxy groups -OCH3 is 1. The van der Waals surface area contributed by atoms with Gasteiger partial charge < -0.3 is 9.14 Å². The molecule has 0 aliphatic heterocycles. The van der Waals surface area contributed by atoms with Crippen molar-refractivity contribution in [1.29, 1.82) is 0 Å². The van der Waals surface area contributed by atoms with E-state index in [1.165, 1.54) is 12.1 Å². The number of benzene rings is 1. The summed E-state index contributed by atoms with van der Waals surface area (Å²) < 4.78 is 44.7. The summed E-state index contributed by atoms with van der Waals surface area (Å²) >= 11 is 0. The Kier molecular flexibility index (Phi) is 3.52. The van der Waals surface area contributed by atoms with E-state index < -0.39 is 11.7 Å². The van der Waals surface area contributed by atoms with Gasteiger partial charge >= 0.3 is 6.18 Å². The fraction of sp³-hybridized carbons (Fsp3) is 0.188. The minimum atomic E-state index is -4.31. The second-order valence-electron chi connectivity index (χ2n) is 4.91. The van der Waals surface area contributed by atoms with Crippen molar-refractivity contribution in [2.45, 2.75) is 12.6 Å². The molecule has 1 aromatic carbocycles. The van der Waals surface area contributed by atoms with E-state index in [1.807, 2.05) is 22.7 Å². The van der Waals surface area contributed by atoms with Gasteiger partial charge in [0.15, 0.2) is 0 Å². The highest BCUT2D eigenvalue weighted by Crippen LogP contribution is 2.29. The number of nitrogens with zero attached hydrogens (tertiary/aromatic N) is 2. The highest BCUT2D eigenvalue weighted by Gasteiger charge is 2.29. The third-order valence-electron chi connectivity index (χ3n) is 3.46. The summed E-state index contributed by atoms with van der Waals surface area (Å²) in [5.41, 5.74) is 1.01. The summed E-state index contributed by atoms with van der Waals surface area (Å²) in [4.78, 5) is 4.32. The van der Waals surface area contributed by atoms with Crippen molar-refractivity contribution < 1.29 is 17.9 Å². The quantitative estimate of drug-likeness (QED) is 0.732. The molecule has 0 unspecified atom stereocenters. The first-order chi connectivity index (χ1) is 10.5. The number of halogens is 3. The van der Waals surface area contributed by atoms with Crippen LogP contribution in [0.2, 0.25) is 0 Å². The lowest BCUT2D eigenvalue weighted by Gasteiger charge is -2.07. The molecule has 0 atom stereocenters. The minimum Gasteiger partial charge on any atom is -0.497 e. The van der Waals surface area contributed by atoms with Crippen LogP contribution >= 0.6 is 0 Å². The van der Waals surface area contributed by atoms with Crippen LogP contribution in [0.3, 0.4) is 0 Å². The summed E-state index contributed by atoms with van der Waals surface area (Å²) in [5.74, 6) is 1.49. The first-order valence-electron chi connectivity index (χ1n) is 6.63. The molecule has 0 amide bonds. The van der Waals surface area contributed by atoms with Gasteiger partial charge in [-0.25, -0.2) is 4.98 Å². The Morgan fingerprint density at radius 3 is 2.50 bits per heavy atom. The highest BCUT2D eigenvalue weighted by atomic mass is 19.4. The third kappa shape index (κ3) is 2.77. The van der Waals surface area contributed by atoms with Crippen LogP contribution in [0.4, 0.5) is 13.2 Å². The molecule has 0 saturated carbocycles. The Morgan fingerprint density at radius 2 is 1.86 bits per heavy atom. The predicted octanol–water partition coefficient (Wildman–Crippen LogP) is 3.95. The Morgan fingerprint density at radius 1 is 1.14 bits per heavy atom. The zero-order valence-corrected chi connectivity index (χ0v) is 11.8. The molecule has 0 aliphatic carbocycles. The Labute approximate surface area is 125 Å². The van der Waals surface area contributed by atoms with Gasteiger partial charge in [-0.3, -0.25) is 0 Å². The topological polar surface area (TPSA) is 26.5 Å². The number of hydrogen-bond acceptors (Lipinski definition) is 2. The number of ether oxygens (including phenoxy) is 1. The van der Waals surface area contributed by atoms with E-state index in [9.17, 15) is 13.2 Å². The van der Waals surface area contributed by atoms with Crippen molar-refractivity contribution in [3.05, 3.63) is 65.7 Å². The molecule has 0 radical (unpaired) electrons. The molecule has 114 valence electrons. The van der Waals surface area contributed by atoms with Crippen molar-refractivity contribution in [3.63, 3.8) is 0 Å². The van der Waals surface area contributed by atoms with Crippen LogP contribution in [0.25, 0.3) is 5.52 Å². The van der Waals surface area contributed by atoms with Gasteiger partial charge in [-0.15, -0.1) is 0 Å². The summed E-state index contributed by atoms with van der Waals surface area (Å²) in [6.45, 7) is 0. The van der Waals surface area contributed by atoms with Gasteiger partial charge in [0.1, 0.15) is 11.6 Å². The van der Waals surface area contributed by atoms with E-state index in [-0.39, 0.29) is 0 Å². The molecule has 2 heterocycles. The van der Waals surface area contributed by atoms with Gasteiger partial charge in [-0.2, -0.15) is 13.2 Å². The number of aromatic nitrogens is 2. The van der Waals surface area contributed by atoms with Gasteiger partial charge in [0.05, 0.1) is 24.4 Å². The molecule has 0 saturated heterocycles. The van der Waals surface area contributed by atoms with Crippen LogP contribution in [0, 0.1) is 0 Å². The van der Waals surface area contributed by atoms with E-state index in [0.717, 1.165) is 34.8 Å². The SMILES string of the molecule is COc1ccn2c(Cc3ccc(C(F)(F)F)cc3)ncc2c1. The van der Waals surface area contributed by atoms with Gasteiger partial charge in [0.2, 0.25) is 0 Å². The zero-order valence-electron chi connectivity index (χ0n) is 11.8. The number of rotatable bonds is 3. The molecule has 2 aromatic heterocycles. The summed E-state index contributed by atoms with van der Waals surface area (Å²) in [5, 5.41) is 0.